The van der Waals surface area contributed by atoms with Gasteiger partial charge in [-0.15, -0.1) is 0 Å². The molecule has 21 heavy (non-hydrogen) atoms. The van der Waals surface area contributed by atoms with Crippen LogP contribution in [0.4, 0.5) is 0 Å². The molecule has 0 aliphatic heterocycles. The van der Waals surface area contributed by atoms with Gasteiger partial charge in [-0.1, -0.05) is 44.5 Å². The van der Waals surface area contributed by atoms with E-state index < -0.39 is 0 Å². The third kappa shape index (κ3) is 4.75. The number of rotatable bonds is 8. The molecule has 2 nitrogen and oxygen atoms in total. The van der Waals surface area contributed by atoms with Crippen molar-refractivity contribution in [3.63, 3.8) is 0 Å². The Bertz CT molecular complexity index is 527. The van der Waals surface area contributed by atoms with Gasteiger partial charge >= 0.3 is 0 Å². The Labute approximate surface area is 128 Å². The molecule has 0 saturated carbocycles. The minimum Gasteiger partial charge on any atom is -0.461 e. The Balaban J connectivity index is 2.00. The van der Waals surface area contributed by atoms with E-state index in [0.29, 0.717) is 6.04 Å². The van der Waals surface area contributed by atoms with E-state index in [0.717, 1.165) is 30.0 Å². The smallest absolute Gasteiger partial charge is 0.134 e. The van der Waals surface area contributed by atoms with Gasteiger partial charge in [0.2, 0.25) is 0 Å². The number of hydrogen-bond donors (Lipinski definition) is 1. The summed E-state index contributed by atoms with van der Waals surface area (Å²) in [6.45, 7) is 7.54. The Morgan fingerprint density at radius 1 is 1.05 bits per heavy atom. The monoisotopic (exact) mass is 285 g/mol. The first kappa shape index (κ1) is 15.8. The molecule has 1 unspecified atom stereocenters. The largest absolute Gasteiger partial charge is 0.461 e. The Hall–Kier alpha value is -1.54. The van der Waals surface area contributed by atoms with Crippen molar-refractivity contribution in [3.05, 3.63) is 47.7 Å². The summed E-state index contributed by atoms with van der Waals surface area (Å²) in [7, 11) is 0. The second kappa shape index (κ2) is 8.04. The van der Waals surface area contributed by atoms with Crippen LogP contribution in [0.1, 0.15) is 44.9 Å². The molecule has 0 aliphatic rings. The van der Waals surface area contributed by atoms with Crippen LogP contribution in [0.5, 0.6) is 0 Å². The lowest BCUT2D eigenvalue weighted by Gasteiger charge is -2.09. The van der Waals surface area contributed by atoms with E-state index in [2.05, 4.69) is 62.5 Å². The van der Waals surface area contributed by atoms with Gasteiger partial charge in [-0.2, -0.15) is 0 Å². The lowest BCUT2D eigenvalue weighted by molar-refractivity contribution is 0.470. The lowest BCUT2D eigenvalue weighted by atomic mass is 10.1. The molecule has 2 aromatic rings. The van der Waals surface area contributed by atoms with Crippen molar-refractivity contribution in [1.82, 2.24) is 5.32 Å². The SMILES string of the molecule is CCCCc1ccc(-c2ccc(CC(C)NCC)o2)cc1. The third-order valence-electron chi connectivity index (χ3n) is 3.78. The number of benzene rings is 1. The average molecular weight is 285 g/mol. The number of likely N-dealkylation sites (N-methyl/N-ethyl adjacent to an activating group) is 1. The van der Waals surface area contributed by atoms with Gasteiger partial charge in [0, 0.05) is 18.0 Å². The van der Waals surface area contributed by atoms with Gasteiger partial charge < -0.3 is 9.73 Å². The molecule has 1 aromatic heterocycles. The molecular weight excluding hydrogens is 258 g/mol. The van der Waals surface area contributed by atoms with Gasteiger partial charge in [0.25, 0.3) is 0 Å². The van der Waals surface area contributed by atoms with E-state index in [-0.39, 0.29) is 0 Å². The fraction of sp³-hybridized carbons (Fsp3) is 0.474. The summed E-state index contributed by atoms with van der Waals surface area (Å²) in [6.07, 6.45) is 4.60. The van der Waals surface area contributed by atoms with Gasteiger partial charge in [-0.3, -0.25) is 0 Å². The molecule has 0 amide bonds. The molecule has 1 aromatic carbocycles. The fourth-order valence-corrected chi connectivity index (χ4v) is 2.58. The zero-order valence-electron chi connectivity index (χ0n) is 13.5. The van der Waals surface area contributed by atoms with Crippen molar-refractivity contribution >= 4 is 0 Å². The fourth-order valence-electron chi connectivity index (χ4n) is 2.58. The molecule has 0 saturated heterocycles. The number of unbranched alkanes of at least 4 members (excludes halogenated alkanes) is 1. The van der Waals surface area contributed by atoms with Gasteiger partial charge in [-0.05, 0) is 44.0 Å². The third-order valence-corrected chi connectivity index (χ3v) is 3.78. The summed E-state index contributed by atoms with van der Waals surface area (Å²) < 4.78 is 5.97. The van der Waals surface area contributed by atoms with Crippen molar-refractivity contribution in [2.75, 3.05) is 6.54 Å². The van der Waals surface area contributed by atoms with E-state index in [1.807, 2.05) is 0 Å². The van der Waals surface area contributed by atoms with E-state index in [4.69, 9.17) is 4.42 Å². The van der Waals surface area contributed by atoms with Crippen molar-refractivity contribution in [1.29, 1.82) is 0 Å². The maximum atomic E-state index is 5.97. The first-order valence-corrected chi connectivity index (χ1v) is 8.14. The number of hydrogen-bond acceptors (Lipinski definition) is 2. The second-order valence-electron chi connectivity index (χ2n) is 5.73. The summed E-state index contributed by atoms with van der Waals surface area (Å²) in [6, 6.07) is 13.4. The van der Waals surface area contributed by atoms with Crippen molar-refractivity contribution in [2.24, 2.45) is 0 Å². The Kier molecular flexibility index (Phi) is 6.06. The number of furan rings is 1. The average Bonchev–Trinajstić information content (AvgIpc) is 2.94. The van der Waals surface area contributed by atoms with Crippen molar-refractivity contribution < 1.29 is 4.42 Å². The minimum atomic E-state index is 0.449. The van der Waals surface area contributed by atoms with Crippen molar-refractivity contribution in [2.45, 2.75) is 52.5 Å². The maximum Gasteiger partial charge on any atom is 0.134 e. The van der Waals surface area contributed by atoms with Crippen LogP contribution in [-0.4, -0.2) is 12.6 Å². The first-order valence-electron chi connectivity index (χ1n) is 8.14. The van der Waals surface area contributed by atoms with Crippen LogP contribution in [0.2, 0.25) is 0 Å². The van der Waals surface area contributed by atoms with E-state index >= 15 is 0 Å². The van der Waals surface area contributed by atoms with Gasteiger partial charge in [0.05, 0.1) is 0 Å². The standard InChI is InChI=1S/C19H27NO/c1-4-6-7-16-8-10-17(11-9-16)19-13-12-18(21-19)14-15(3)20-5-2/h8-13,15,20H,4-7,14H2,1-3H3. The van der Waals surface area contributed by atoms with E-state index in [1.165, 1.54) is 24.8 Å². The Morgan fingerprint density at radius 2 is 1.81 bits per heavy atom. The summed E-state index contributed by atoms with van der Waals surface area (Å²) in [5.74, 6) is 2.02. The summed E-state index contributed by atoms with van der Waals surface area (Å²) in [4.78, 5) is 0. The highest BCUT2D eigenvalue weighted by molar-refractivity contribution is 5.58. The van der Waals surface area contributed by atoms with Crippen LogP contribution in [0.3, 0.4) is 0 Å². The van der Waals surface area contributed by atoms with E-state index in [1.54, 1.807) is 0 Å². The van der Waals surface area contributed by atoms with E-state index in [9.17, 15) is 0 Å². The lowest BCUT2D eigenvalue weighted by Crippen LogP contribution is -2.27. The quantitative estimate of drug-likeness (QED) is 0.751. The molecule has 1 N–H and O–H groups in total. The highest BCUT2D eigenvalue weighted by atomic mass is 16.3. The molecule has 0 spiro atoms. The minimum absolute atomic E-state index is 0.449. The molecule has 0 fully saturated rings. The predicted octanol–water partition coefficient (Wildman–Crippen LogP) is 4.83. The molecular formula is C19H27NO. The highest BCUT2D eigenvalue weighted by Crippen LogP contribution is 2.23. The number of nitrogens with one attached hydrogen (secondary N) is 1. The van der Waals surface area contributed by atoms with Crippen LogP contribution in [0, 0.1) is 0 Å². The Morgan fingerprint density at radius 3 is 2.48 bits per heavy atom. The summed E-state index contributed by atoms with van der Waals surface area (Å²) in [5, 5.41) is 3.41. The zero-order valence-corrected chi connectivity index (χ0v) is 13.5. The normalized spacial score (nSPS) is 12.5. The molecule has 0 bridgehead atoms. The summed E-state index contributed by atoms with van der Waals surface area (Å²) in [5.41, 5.74) is 2.57. The second-order valence-corrected chi connectivity index (χ2v) is 5.73. The first-order chi connectivity index (χ1) is 10.2. The van der Waals surface area contributed by atoms with Crippen LogP contribution in [0.25, 0.3) is 11.3 Å². The predicted molar refractivity (Wildman–Crippen MR) is 89.6 cm³/mol. The van der Waals surface area contributed by atoms with Crippen LogP contribution < -0.4 is 5.32 Å². The molecule has 114 valence electrons. The molecule has 2 rings (SSSR count). The van der Waals surface area contributed by atoms with Crippen LogP contribution in [-0.2, 0) is 12.8 Å². The molecule has 0 radical (unpaired) electrons. The zero-order chi connectivity index (χ0) is 15.1. The van der Waals surface area contributed by atoms with Crippen LogP contribution >= 0.6 is 0 Å². The molecule has 1 heterocycles. The topological polar surface area (TPSA) is 25.2 Å². The molecule has 0 aliphatic carbocycles. The van der Waals surface area contributed by atoms with Crippen LogP contribution in [0.15, 0.2) is 40.8 Å². The van der Waals surface area contributed by atoms with Crippen molar-refractivity contribution in [3.8, 4) is 11.3 Å². The highest BCUT2D eigenvalue weighted by Gasteiger charge is 2.08. The van der Waals surface area contributed by atoms with Gasteiger partial charge in [-0.25, -0.2) is 0 Å². The molecule has 2 heteroatoms. The maximum absolute atomic E-state index is 5.97. The summed E-state index contributed by atoms with van der Waals surface area (Å²) >= 11 is 0. The van der Waals surface area contributed by atoms with Gasteiger partial charge in [0.15, 0.2) is 0 Å². The van der Waals surface area contributed by atoms with Gasteiger partial charge in [0.1, 0.15) is 11.5 Å². The molecule has 1 atom stereocenters. The number of aryl methyl sites for hydroxylation is 1.